The van der Waals surface area contributed by atoms with E-state index in [1.54, 1.807) is 24.3 Å². The van der Waals surface area contributed by atoms with Gasteiger partial charge in [-0.3, -0.25) is 9.59 Å². The van der Waals surface area contributed by atoms with Crippen LogP contribution in [-0.2, 0) is 24.2 Å². The van der Waals surface area contributed by atoms with Crippen LogP contribution in [0.5, 0.6) is 5.75 Å². The van der Waals surface area contributed by atoms with Gasteiger partial charge in [0.05, 0.1) is 0 Å². The van der Waals surface area contributed by atoms with Crippen molar-refractivity contribution in [3.8, 4) is 5.75 Å². The Bertz CT molecular complexity index is 756. The van der Waals surface area contributed by atoms with Crippen LogP contribution in [0.25, 0.3) is 0 Å². The van der Waals surface area contributed by atoms with Crippen LogP contribution in [0.3, 0.4) is 0 Å². The first kappa shape index (κ1) is 16.9. The van der Waals surface area contributed by atoms with Crippen LogP contribution in [0.4, 0.5) is 0 Å². The summed E-state index contributed by atoms with van der Waals surface area (Å²) in [6.45, 7) is 2.64. The lowest BCUT2D eigenvalue weighted by Crippen LogP contribution is -2.43. The van der Waals surface area contributed by atoms with Crippen LogP contribution < -0.4 is 15.8 Å². The molecule has 0 radical (unpaired) electrons. The van der Waals surface area contributed by atoms with Crippen molar-refractivity contribution in [2.45, 2.75) is 38.8 Å². The topological polar surface area (TPSA) is 112 Å². The lowest BCUT2D eigenvalue weighted by atomic mass is 10.1. The lowest BCUT2D eigenvalue weighted by Gasteiger charge is -2.25. The van der Waals surface area contributed by atoms with Gasteiger partial charge in [-0.25, -0.2) is 0 Å². The zero-order chi connectivity index (χ0) is 17.8. The number of fused-ring (bicyclic) bond motifs is 1. The molecule has 132 valence electrons. The summed E-state index contributed by atoms with van der Waals surface area (Å²) in [5, 5.41) is 11.3. The molecule has 8 nitrogen and oxygen atoms in total. The summed E-state index contributed by atoms with van der Waals surface area (Å²) in [5.74, 6) is 1.76. The van der Waals surface area contributed by atoms with Crippen molar-refractivity contribution in [3.05, 3.63) is 41.5 Å². The molecule has 0 fully saturated rings. The molecule has 0 saturated carbocycles. The van der Waals surface area contributed by atoms with E-state index in [-0.39, 0.29) is 18.6 Å². The number of primary amides is 1. The molecule has 1 aromatic carbocycles. The van der Waals surface area contributed by atoms with Crippen molar-refractivity contribution in [1.29, 1.82) is 0 Å². The standard InChI is InChI=1S/C17H21N5O3/c1-2-14-20-21-15-8-5-12(9-22(14)15)19-16(23)10-25-13-6-3-11(4-7-13)17(18)24/h3-4,6-7,12H,2,5,8-10H2,1H3,(H2,18,24)(H,19,23)/t12-/m1/s1. The first-order chi connectivity index (χ1) is 12.1. The van der Waals surface area contributed by atoms with Crippen molar-refractivity contribution < 1.29 is 14.3 Å². The molecule has 2 heterocycles. The third kappa shape index (κ3) is 3.96. The fraction of sp³-hybridized carbons (Fsp3) is 0.412. The van der Waals surface area contributed by atoms with Gasteiger partial charge in [-0.15, -0.1) is 10.2 Å². The van der Waals surface area contributed by atoms with Crippen LogP contribution >= 0.6 is 0 Å². The molecule has 1 aliphatic heterocycles. The minimum atomic E-state index is -0.499. The molecule has 1 aliphatic rings. The maximum atomic E-state index is 12.1. The average Bonchev–Trinajstić information content (AvgIpc) is 3.02. The second kappa shape index (κ2) is 7.33. The number of nitrogens with zero attached hydrogens (tertiary/aromatic N) is 3. The predicted octanol–water partition coefficient (Wildman–Crippen LogP) is 0.449. The number of aryl methyl sites for hydroxylation is 2. The van der Waals surface area contributed by atoms with Gasteiger partial charge < -0.3 is 20.4 Å². The Morgan fingerprint density at radius 2 is 2.08 bits per heavy atom. The van der Waals surface area contributed by atoms with E-state index < -0.39 is 5.91 Å². The molecule has 25 heavy (non-hydrogen) atoms. The smallest absolute Gasteiger partial charge is 0.258 e. The normalized spacial score (nSPS) is 16.1. The number of rotatable bonds is 6. The van der Waals surface area contributed by atoms with Gasteiger partial charge in [0.25, 0.3) is 5.91 Å². The Hall–Kier alpha value is -2.90. The Balaban J connectivity index is 1.50. The van der Waals surface area contributed by atoms with Crippen LogP contribution in [0.1, 0.15) is 35.4 Å². The second-order valence-electron chi connectivity index (χ2n) is 5.98. The first-order valence-corrected chi connectivity index (χ1v) is 8.29. The molecule has 2 aromatic rings. The Kier molecular flexibility index (Phi) is 4.97. The van der Waals surface area contributed by atoms with E-state index in [0.29, 0.717) is 17.9 Å². The molecule has 1 aromatic heterocycles. The predicted molar refractivity (Wildman–Crippen MR) is 90.1 cm³/mol. The third-order valence-electron chi connectivity index (χ3n) is 4.21. The number of carbonyl (C=O) groups excluding carboxylic acids is 2. The largest absolute Gasteiger partial charge is 0.484 e. The van der Waals surface area contributed by atoms with Crippen LogP contribution in [-0.4, -0.2) is 39.2 Å². The maximum Gasteiger partial charge on any atom is 0.258 e. The number of amides is 2. The van der Waals surface area contributed by atoms with Gasteiger partial charge in [0.1, 0.15) is 17.4 Å². The highest BCUT2D eigenvalue weighted by Crippen LogP contribution is 2.16. The van der Waals surface area contributed by atoms with Gasteiger partial charge in [0.15, 0.2) is 6.61 Å². The number of nitrogens with one attached hydrogen (secondary N) is 1. The Morgan fingerprint density at radius 3 is 2.76 bits per heavy atom. The molecule has 0 aliphatic carbocycles. The van der Waals surface area contributed by atoms with E-state index in [1.165, 1.54) is 0 Å². The molecule has 0 saturated heterocycles. The van der Waals surface area contributed by atoms with Crippen LogP contribution in [0.2, 0.25) is 0 Å². The van der Waals surface area contributed by atoms with Crippen molar-refractivity contribution >= 4 is 11.8 Å². The van der Waals surface area contributed by atoms with Gasteiger partial charge >= 0.3 is 0 Å². The third-order valence-corrected chi connectivity index (χ3v) is 4.21. The van der Waals surface area contributed by atoms with E-state index in [4.69, 9.17) is 10.5 Å². The zero-order valence-corrected chi connectivity index (χ0v) is 14.1. The first-order valence-electron chi connectivity index (χ1n) is 8.29. The summed E-state index contributed by atoms with van der Waals surface area (Å²) in [4.78, 5) is 23.1. The van der Waals surface area contributed by atoms with Crippen molar-refractivity contribution in [2.75, 3.05) is 6.61 Å². The number of carbonyl (C=O) groups is 2. The quantitative estimate of drug-likeness (QED) is 0.791. The van der Waals surface area contributed by atoms with E-state index >= 15 is 0 Å². The Morgan fingerprint density at radius 1 is 1.32 bits per heavy atom. The monoisotopic (exact) mass is 343 g/mol. The summed E-state index contributed by atoms with van der Waals surface area (Å²) in [7, 11) is 0. The second-order valence-corrected chi connectivity index (χ2v) is 5.98. The highest BCUT2D eigenvalue weighted by Gasteiger charge is 2.23. The average molecular weight is 343 g/mol. The number of nitrogens with two attached hydrogens (primary N) is 1. The molecular formula is C17H21N5O3. The summed E-state index contributed by atoms with van der Waals surface area (Å²) >= 11 is 0. The van der Waals surface area contributed by atoms with Crippen molar-refractivity contribution in [1.82, 2.24) is 20.1 Å². The minimum Gasteiger partial charge on any atom is -0.484 e. The summed E-state index contributed by atoms with van der Waals surface area (Å²) in [5.41, 5.74) is 5.58. The van der Waals surface area contributed by atoms with Gasteiger partial charge in [-0.05, 0) is 30.7 Å². The summed E-state index contributed by atoms with van der Waals surface area (Å²) < 4.78 is 7.53. The van der Waals surface area contributed by atoms with E-state index in [2.05, 4.69) is 20.1 Å². The van der Waals surface area contributed by atoms with Gasteiger partial charge in [-0.1, -0.05) is 6.92 Å². The molecule has 0 spiro atoms. The van der Waals surface area contributed by atoms with Gasteiger partial charge in [0, 0.05) is 31.0 Å². The zero-order valence-electron chi connectivity index (χ0n) is 14.1. The van der Waals surface area contributed by atoms with Crippen molar-refractivity contribution in [2.24, 2.45) is 5.73 Å². The number of hydrogen-bond donors (Lipinski definition) is 2. The number of aromatic nitrogens is 3. The molecule has 3 N–H and O–H groups in total. The fourth-order valence-electron chi connectivity index (χ4n) is 2.90. The molecular weight excluding hydrogens is 322 g/mol. The number of benzene rings is 1. The van der Waals surface area contributed by atoms with E-state index in [0.717, 1.165) is 30.9 Å². The highest BCUT2D eigenvalue weighted by molar-refractivity contribution is 5.92. The van der Waals surface area contributed by atoms with E-state index in [9.17, 15) is 9.59 Å². The highest BCUT2D eigenvalue weighted by atomic mass is 16.5. The number of hydrogen-bond acceptors (Lipinski definition) is 5. The molecule has 2 amide bonds. The van der Waals surface area contributed by atoms with Crippen LogP contribution in [0.15, 0.2) is 24.3 Å². The minimum absolute atomic E-state index is 0.0436. The lowest BCUT2D eigenvalue weighted by molar-refractivity contribution is -0.124. The number of ether oxygens (including phenoxy) is 1. The maximum absolute atomic E-state index is 12.1. The molecule has 8 heteroatoms. The molecule has 0 unspecified atom stereocenters. The van der Waals surface area contributed by atoms with Crippen LogP contribution in [0, 0.1) is 0 Å². The van der Waals surface area contributed by atoms with Crippen molar-refractivity contribution in [3.63, 3.8) is 0 Å². The summed E-state index contributed by atoms with van der Waals surface area (Å²) in [6, 6.07) is 6.41. The van der Waals surface area contributed by atoms with E-state index in [1.807, 2.05) is 6.92 Å². The fourth-order valence-corrected chi connectivity index (χ4v) is 2.90. The molecule has 1 atom stereocenters. The SMILES string of the molecule is CCc1nnc2n1C[C@H](NC(=O)COc1ccc(C(N)=O)cc1)CC2. The Labute approximate surface area is 145 Å². The van der Waals surface area contributed by atoms with Gasteiger partial charge in [0.2, 0.25) is 5.91 Å². The van der Waals surface area contributed by atoms with Gasteiger partial charge in [-0.2, -0.15) is 0 Å². The molecule has 0 bridgehead atoms. The molecule has 3 rings (SSSR count). The summed E-state index contributed by atoms with van der Waals surface area (Å²) in [6.07, 6.45) is 2.45.